The minimum Gasteiger partial charge on any atom is -0.507 e. The van der Waals surface area contributed by atoms with Crippen molar-refractivity contribution in [1.29, 1.82) is 0 Å². The van der Waals surface area contributed by atoms with Crippen molar-refractivity contribution in [3.05, 3.63) is 92.2 Å². The lowest BCUT2D eigenvalue weighted by Gasteiger charge is -2.25. The molecule has 1 aliphatic rings. The summed E-state index contributed by atoms with van der Waals surface area (Å²) in [5.74, 6) is -1.40. The van der Waals surface area contributed by atoms with Gasteiger partial charge in [0, 0.05) is 16.1 Å². The first-order chi connectivity index (χ1) is 15.5. The fourth-order valence-corrected chi connectivity index (χ4v) is 5.23. The number of anilines is 1. The number of aliphatic hydroxyl groups excluding tert-OH is 1. The van der Waals surface area contributed by atoms with Crippen molar-refractivity contribution in [2.24, 2.45) is 0 Å². The molecule has 1 amide bonds. The third-order valence-corrected chi connectivity index (χ3v) is 7.34. The van der Waals surface area contributed by atoms with Crippen LogP contribution in [0, 0.1) is 20.8 Å². The zero-order chi connectivity index (χ0) is 24.1. The number of nitrogens with zero attached hydrogens (tertiary/aromatic N) is 1. The molecular formula is C28H29NO3S. The molecule has 1 saturated heterocycles. The van der Waals surface area contributed by atoms with Crippen LogP contribution in [0.1, 0.15) is 59.5 Å². The van der Waals surface area contributed by atoms with Gasteiger partial charge < -0.3 is 5.11 Å². The molecule has 0 bridgehead atoms. The van der Waals surface area contributed by atoms with E-state index >= 15 is 0 Å². The molecule has 2 aromatic carbocycles. The minimum atomic E-state index is -0.676. The quantitative estimate of drug-likeness (QED) is 0.273. The van der Waals surface area contributed by atoms with Crippen LogP contribution in [0.4, 0.5) is 5.69 Å². The standard InChI is InChI=1S/C28H29NO3S/c1-16-7-11-20(12-8-16)29-23(26-18(3)13-14-33-26)22(25(31)27(29)32)24(30)21-15-19(28(4,5)6)10-9-17(21)2/h7-15,23,30H,1-6H3/b24-22+. The monoisotopic (exact) mass is 459 g/mol. The summed E-state index contributed by atoms with van der Waals surface area (Å²) in [6.07, 6.45) is 0. The van der Waals surface area contributed by atoms with Gasteiger partial charge in [0.1, 0.15) is 11.8 Å². The maximum atomic E-state index is 13.4. The number of ketones is 1. The van der Waals surface area contributed by atoms with Gasteiger partial charge in [0.25, 0.3) is 11.7 Å². The molecule has 0 aliphatic carbocycles. The Balaban J connectivity index is 1.97. The Morgan fingerprint density at radius 1 is 0.939 bits per heavy atom. The van der Waals surface area contributed by atoms with E-state index in [0.29, 0.717) is 11.3 Å². The largest absolute Gasteiger partial charge is 0.507 e. The number of hydrogen-bond donors (Lipinski definition) is 1. The molecule has 1 aliphatic heterocycles. The Kier molecular flexibility index (Phi) is 5.79. The molecule has 4 rings (SSSR count). The smallest absolute Gasteiger partial charge is 0.300 e. The van der Waals surface area contributed by atoms with Gasteiger partial charge in [-0.3, -0.25) is 14.5 Å². The lowest BCUT2D eigenvalue weighted by molar-refractivity contribution is -0.132. The van der Waals surface area contributed by atoms with Gasteiger partial charge in [-0.2, -0.15) is 0 Å². The molecule has 0 saturated carbocycles. The number of Topliss-reactive ketones (excluding diaryl/α,β-unsaturated/α-hetero) is 1. The number of carbonyl (C=O) groups is 2. The van der Waals surface area contributed by atoms with E-state index in [4.69, 9.17) is 0 Å². The van der Waals surface area contributed by atoms with Gasteiger partial charge in [-0.05, 0) is 72.5 Å². The number of thiophene rings is 1. The second kappa shape index (κ2) is 8.31. The summed E-state index contributed by atoms with van der Waals surface area (Å²) in [6.45, 7) is 12.2. The fourth-order valence-electron chi connectivity index (χ4n) is 4.21. The maximum absolute atomic E-state index is 13.4. The summed E-state index contributed by atoms with van der Waals surface area (Å²) in [5.41, 5.74) is 5.18. The first-order valence-electron chi connectivity index (χ1n) is 11.0. The van der Waals surface area contributed by atoms with Crippen LogP contribution in [0.25, 0.3) is 5.76 Å². The van der Waals surface area contributed by atoms with Crippen molar-refractivity contribution in [2.45, 2.75) is 53.0 Å². The molecule has 33 heavy (non-hydrogen) atoms. The summed E-state index contributed by atoms with van der Waals surface area (Å²) in [5, 5.41) is 13.5. The summed E-state index contributed by atoms with van der Waals surface area (Å²) in [6, 6.07) is 14.8. The van der Waals surface area contributed by atoms with Gasteiger partial charge in [0.2, 0.25) is 0 Å². The van der Waals surface area contributed by atoms with Crippen LogP contribution in [0.2, 0.25) is 0 Å². The molecule has 3 aromatic rings. The number of aliphatic hydroxyl groups is 1. The number of aryl methyl sites for hydroxylation is 3. The predicted octanol–water partition coefficient (Wildman–Crippen LogP) is 6.60. The van der Waals surface area contributed by atoms with E-state index < -0.39 is 17.7 Å². The van der Waals surface area contributed by atoms with Crippen molar-refractivity contribution < 1.29 is 14.7 Å². The number of carbonyl (C=O) groups excluding carboxylic acids is 2. The Morgan fingerprint density at radius 2 is 1.61 bits per heavy atom. The van der Waals surface area contributed by atoms with E-state index in [2.05, 4.69) is 20.8 Å². The molecule has 4 nitrogen and oxygen atoms in total. The van der Waals surface area contributed by atoms with E-state index in [1.807, 2.05) is 74.7 Å². The average molecular weight is 460 g/mol. The number of benzene rings is 2. The first kappa shape index (κ1) is 23.0. The summed E-state index contributed by atoms with van der Waals surface area (Å²) in [7, 11) is 0. The normalized spacial score (nSPS) is 18.2. The van der Waals surface area contributed by atoms with E-state index in [-0.39, 0.29) is 16.7 Å². The van der Waals surface area contributed by atoms with Crippen LogP contribution in [0.5, 0.6) is 0 Å². The van der Waals surface area contributed by atoms with Crippen molar-refractivity contribution >= 4 is 34.5 Å². The molecule has 1 fully saturated rings. The Labute approximate surface area is 199 Å². The highest BCUT2D eigenvalue weighted by Gasteiger charge is 2.48. The van der Waals surface area contributed by atoms with E-state index in [0.717, 1.165) is 27.1 Å². The van der Waals surface area contributed by atoms with Crippen LogP contribution >= 0.6 is 11.3 Å². The third kappa shape index (κ3) is 4.02. The van der Waals surface area contributed by atoms with Crippen LogP contribution in [-0.4, -0.2) is 16.8 Å². The highest BCUT2D eigenvalue weighted by molar-refractivity contribution is 7.10. The number of hydrogen-bond acceptors (Lipinski definition) is 4. The summed E-state index contributed by atoms with van der Waals surface area (Å²) >= 11 is 1.49. The Hall–Kier alpha value is -3.18. The van der Waals surface area contributed by atoms with Gasteiger partial charge in [-0.1, -0.05) is 50.6 Å². The molecule has 1 aromatic heterocycles. The highest BCUT2D eigenvalue weighted by Crippen LogP contribution is 2.45. The number of amides is 1. The zero-order valence-electron chi connectivity index (χ0n) is 19.9. The van der Waals surface area contributed by atoms with Crippen molar-refractivity contribution in [3.63, 3.8) is 0 Å². The molecule has 170 valence electrons. The average Bonchev–Trinajstić information content (AvgIpc) is 3.28. The van der Waals surface area contributed by atoms with Crippen molar-refractivity contribution in [3.8, 4) is 0 Å². The molecule has 2 heterocycles. The van der Waals surface area contributed by atoms with Crippen molar-refractivity contribution in [2.75, 3.05) is 4.90 Å². The Bertz CT molecular complexity index is 1280. The van der Waals surface area contributed by atoms with E-state index in [1.165, 1.54) is 16.2 Å². The maximum Gasteiger partial charge on any atom is 0.300 e. The molecular weight excluding hydrogens is 430 g/mol. The third-order valence-electron chi connectivity index (χ3n) is 6.27. The van der Waals surface area contributed by atoms with Gasteiger partial charge in [-0.15, -0.1) is 11.3 Å². The highest BCUT2D eigenvalue weighted by atomic mass is 32.1. The van der Waals surface area contributed by atoms with E-state index in [1.54, 1.807) is 0 Å². The summed E-state index contributed by atoms with van der Waals surface area (Å²) < 4.78 is 0. The molecule has 1 atom stereocenters. The second-order valence-corrected chi connectivity index (χ2v) is 10.7. The van der Waals surface area contributed by atoms with Gasteiger partial charge in [0.15, 0.2) is 0 Å². The Morgan fingerprint density at radius 3 is 2.18 bits per heavy atom. The molecule has 0 radical (unpaired) electrons. The van der Waals surface area contributed by atoms with Gasteiger partial charge in [0.05, 0.1) is 5.57 Å². The minimum absolute atomic E-state index is 0.121. The number of rotatable bonds is 3. The molecule has 1 unspecified atom stereocenters. The van der Waals surface area contributed by atoms with Crippen molar-refractivity contribution in [1.82, 2.24) is 0 Å². The molecule has 5 heteroatoms. The van der Waals surface area contributed by atoms with Gasteiger partial charge in [-0.25, -0.2) is 0 Å². The lowest BCUT2D eigenvalue weighted by Crippen LogP contribution is -2.29. The zero-order valence-corrected chi connectivity index (χ0v) is 20.7. The second-order valence-electron chi connectivity index (χ2n) is 9.75. The first-order valence-corrected chi connectivity index (χ1v) is 11.9. The topological polar surface area (TPSA) is 57.6 Å². The van der Waals surface area contributed by atoms with Crippen LogP contribution in [-0.2, 0) is 15.0 Å². The van der Waals surface area contributed by atoms with Gasteiger partial charge >= 0.3 is 0 Å². The van der Waals surface area contributed by atoms with Crippen LogP contribution in [0.3, 0.4) is 0 Å². The predicted molar refractivity (Wildman–Crippen MR) is 135 cm³/mol. The molecule has 1 N–H and O–H groups in total. The van der Waals surface area contributed by atoms with E-state index in [9.17, 15) is 14.7 Å². The molecule has 0 spiro atoms. The van der Waals surface area contributed by atoms with Crippen LogP contribution in [0.15, 0.2) is 59.5 Å². The van der Waals surface area contributed by atoms with Crippen LogP contribution < -0.4 is 4.90 Å². The lowest BCUT2D eigenvalue weighted by atomic mass is 9.84. The summed E-state index contributed by atoms with van der Waals surface area (Å²) in [4.78, 5) is 29.1. The fraction of sp³-hybridized carbons (Fsp3) is 0.286. The SMILES string of the molecule is Cc1ccc(N2C(=O)C(=O)/C(=C(/O)c3cc(C(C)(C)C)ccc3C)C2c2sccc2C)cc1.